The summed E-state index contributed by atoms with van der Waals surface area (Å²) in [6, 6.07) is 0. The smallest absolute Gasteiger partial charge is 0.218 e. The molecule has 1 atom stereocenters. The summed E-state index contributed by atoms with van der Waals surface area (Å²) in [6.45, 7) is 3.52. The van der Waals surface area contributed by atoms with Gasteiger partial charge in [0.25, 0.3) is 0 Å². The van der Waals surface area contributed by atoms with Crippen LogP contribution in [0.5, 0.6) is 0 Å². The van der Waals surface area contributed by atoms with Crippen LogP contribution in [0, 0.1) is 0 Å². The van der Waals surface area contributed by atoms with Gasteiger partial charge in [-0.2, -0.15) is 0 Å². The van der Waals surface area contributed by atoms with E-state index in [1.54, 1.807) is 6.92 Å². The molecule has 0 radical (unpaired) electrons. The zero-order valence-electron chi connectivity index (χ0n) is 6.57. The molecule has 0 heterocycles. The third-order valence-electron chi connectivity index (χ3n) is 1.00. The van der Waals surface area contributed by atoms with Crippen LogP contribution < -0.4 is 5.73 Å². The number of thioether (sulfide) groups is 1. The molecule has 0 aliphatic heterocycles. The Labute approximate surface area is 69.8 Å². The van der Waals surface area contributed by atoms with Gasteiger partial charge in [0.1, 0.15) is 5.04 Å². The largest absolute Gasteiger partial charge is 0.410 e. The summed E-state index contributed by atoms with van der Waals surface area (Å²) in [5.74, 6) is -0.337. The van der Waals surface area contributed by atoms with E-state index >= 15 is 0 Å². The molecular weight excluding hydrogens is 164 g/mol. The lowest BCUT2D eigenvalue weighted by molar-refractivity contribution is -0.117. The van der Waals surface area contributed by atoms with Crippen molar-refractivity contribution in [1.82, 2.24) is 0 Å². The fourth-order valence-electron chi connectivity index (χ4n) is 0.640. The Morgan fingerprint density at radius 2 is 2.36 bits per heavy atom. The van der Waals surface area contributed by atoms with Crippen LogP contribution in [0.1, 0.15) is 20.3 Å². The number of carbonyl (C=O) groups is 1. The molecule has 0 aromatic heterocycles. The number of nitrogens with two attached hydrogens (primary N) is 1. The van der Waals surface area contributed by atoms with Crippen LogP contribution in [0.3, 0.4) is 0 Å². The Kier molecular flexibility index (Phi) is 4.69. The van der Waals surface area contributed by atoms with Gasteiger partial charge in [0.15, 0.2) is 0 Å². The van der Waals surface area contributed by atoms with Gasteiger partial charge in [-0.25, -0.2) is 0 Å². The van der Waals surface area contributed by atoms with E-state index < -0.39 is 0 Å². The molecule has 0 spiro atoms. The molecule has 64 valence electrons. The molecule has 0 aromatic rings. The molecule has 0 fully saturated rings. The molecule has 1 unspecified atom stereocenters. The number of nitrogens with zero attached hydrogens (tertiary/aromatic N) is 1. The summed E-state index contributed by atoms with van der Waals surface area (Å²) in [5.41, 5.74) is 4.96. The van der Waals surface area contributed by atoms with Gasteiger partial charge in [-0.3, -0.25) is 4.79 Å². The molecule has 0 aliphatic carbocycles. The zero-order chi connectivity index (χ0) is 8.85. The van der Waals surface area contributed by atoms with Crippen LogP contribution in [-0.4, -0.2) is 21.4 Å². The minimum Gasteiger partial charge on any atom is -0.410 e. The van der Waals surface area contributed by atoms with E-state index in [2.05, 4.69) is 5.16 Å². The van der Waals surface area contributed by atoms with Crippen LogP contribution in [0.15, 0.2) is 5.16 Å². The molecular formula is C6H12N2O2S. The number of oxime groups is 1. The fraction of sp³-hybridized carbons (Fsp3) is 0.667. The summed E-state index contributed by atoms with van der Waals surface area (Å²) >= 11 is 1.33. The second-order valence-electron chi connectivity index (χ2n) is 2.22. The minimum absolute atomic E-state index is 0.0726. The number of carbonyl (C=O) groups excluding carboxylic acids is 1. The van der Waals surface area contributed by atoms with Gasteiger partial charge >= 0.3 is 0 Å². The maximum atomic E-state index is 10.4. The van der Waals surface area contributed by atoms with Crippen LogP contribution >= 0.6 is 11.8 Å². The molecule has 4 nitrogen and oxygen atoms in total. The van der Waals surface area contributed by atoms with Gasteiger partial charge in [0.05, 0.1) is 0 Å². The van der Waals surface area contributed by atoms with Gasteiger partial charge in [-0.05, 0) is 6.92 Å². The summed E-state index contributed by atoms with van der Waals surface area (Å²) in [5, 5.41) is 11.8. The highest BCUT2D eigenvalue weighted by Gasteiger charge is 2.07. The highest BCUT2D eigenvalue weighted by atomic mass is 32.2. The number of hydrogen-bond donors (Lipinski definition) is 2. The molecule has 0 saturated heterocycles. The topological polar surface area (TPSA) is 75.7 Å². The molecule has 3 N–H and O–H groups in total. The third-order valence-corrected chi connectivity index (χ3v) is 1.99. The van der Waals surface area contributed by atoms with E-state index in [4.69, 9.17) is 10.9 Å². The van der Waals surface area contributed by atoms with Crippen molar-refractivity contribution in [2.24, 2.45) is 10.9 Å². The average Bonchev–Trinajstić information content (AvgIpc) is 1.85. The van der Waals surface area contributed by atoms with Crippen molar-refractivity contribution in [2.75, 3.05) is 0 Å². The van der Waals surface area contributed by atoms with Crippen LogP contribution in [0.4, 0.5) is 0 Å². The quantitative estimate of drug-likeness (QED) is 0.289. The number of amides is 1. The standard InChI is InChI=1S/C6H12N2O2S/c1-4(3-6(7)9)11-5(2)8-10/h4,10H,3H2,1-2H3,(H2,7,9). The predicted molar refractivity (Wildman–Crippen MR) is 45.8 cm³/mol. The summed E-state index contributed by atoms with van der Waals surface area (Å²) < 4.78 is 0. The van der Waals surface area contributed by atoms with Gasteiger partial charge in [0.2, 0.25) is 5.91 Å². The molecule has 0 bridgehead atoms. The van der Waals surface area contributed by atoms with E-state index in [0.29, 0.717) is 11.5 Å². The predicted octanol–water partition coefficient (Wildman–Crippen LogP) is 0.791. The van der Waals surface area contributed by atoms with Gasteiger partial charge in [0, 0.05) is 11.7 Å². The Morgan fingerprint density at radius 3 is 2.73 bits per heavy atom. The first kappa shape index (κ1) is 10.3. The second-order valence-corrected chi connectivity index (χ2v) is 3.85. The Hall–Kier alpha value is -0.710. The lowest BCUT2D eigenvalue weighted by Crippen LogP contribution is -2.16. The van der Waals surface area contributed by atoms with Crippen molar-refractivity contribution in [3.8, 4) is 0 Å². The van der Waals surface area contributed by atoms with E-state index in [9.17, 15) is 4.79 Å². The SMILES string of the molecule is CC(=NO)SC(C)CC(N)=O. The first-order valence-corrected chi connectivity index (χ1v) is 4.08. The van der Waals surface area contributed by atoms with Crippen molar-refractivity contribution in [2.45, 2.75) is 25.5 Å². The maximum Gasteiger partial charge on any atom is 0.218 e. The van der Waals surface area contributed by atoms with Crippen molar-refractivity contribution in [1.29, 1.82) is 0 Å². The molecule has 0 aromatic carbocycles. The van der Waals surface area contributed by atoms with Crippen LogP contribution in [0.25, 0.3) is 0 Å². The summed E-state index contributed by atoms with van der Waals surface area (Å²) in [7, 11) is 0. The number of primary amides is 1. The highest BCUT2D eigenvalue weighted by molar-refractivity contribution is 8.14. The summed E-state index contributed by atoms with van der Waals surface area (Å²) in [6.07, 6.45) is 0.303. The van der Waals surface area contributed by atoms with E-state index in [1.807, 2.05) is 6.92 Å². The Bertz CT molecular complexity index is 170. The second kappa shape index (κ2) is 5.01. The zero-order valence-corrected chi connectivity index (χ0v) is 7.39. The average molecular weight is 176 g/mol. The highest BCUT2D eigenvalue weighted by Crippen LogP contribution is 2.14. The van der Waals surface area contributed by atoms with E-state index in [0.717, 1.165) is 0 Å². The van der Waals surface area contributed by atoms with Crippen molar-refractivity contribution in [3.05, 3.63) is 0 Å². The first-order valence-electron chi connectivity index (χ1n) is 3.20. The monoisotopic (exact) mass is 176 g/mol. The minimum atomic E-state index is -0.337. The van der Waals surface area contributed by atoms with Crippen molar-refractivity contribution < 1.29 is 10.0 Å². The number of rotatable bonds is 3. The molecule has 0 rings (SSSR count). The van der Waals surface area contributed by atoms with Crippen LogP contribution in [0.2, 0.25) is 0 Å². The first-order chi connectivity index (χ1) is 5.06. The Morgan fingerprint density at radius 1 is 1.82 bits per heavy atom. The lowest BCUT2D eigenvalue weighted by Gasteiger charge is -2.05. The van der Waals surface area contributed by atoms with Gasteiger partial charge in [-0.15, -0.1) is 11.8 Å². The molecule has 11 heavy (non-hydrogen) atoms. The van der Waals surface area contributed by atoms with Gasteiger partial charge < -0.3 is 10.9 Å². The van der Waals surface area contributed by atoms with Crippen LogP contribution in [-0.2, 0) is 4.79 Å². The maximum absolute atomic E-state index is 10.4. The summed E-state index contributed by atoms with van der Waals surface area (Å²) in [4.78, 5) is 10.4. The lowest BCUT2D eigenvalue weighted by atomic mass is 10.3. The third kappa shape index (κ3) is 5.72. The molecule has 0 saturated carbocycles. The molecule has 0 aliphatic rings. The molecule has 1 amide bonds. The van der Waals surface area contributed by atoms with E-state index in [1.165, 1.54) is 11.8 Å². The normalized spacial score (nSPS) is 14.5. The number of hydrogen-bond acceptors (Lipinski definition) is 4. The van der Waals surface area contributed by atoms with Crippen molar-refractivity contribution >= 4 is 22.7 Å². The fourth-order valence-corrected chi connectivity index (χ4v) is 1.52. The van der Waals surface area contributed by atoms with E-state index in [-0.39, 0.29) is 11.2 Å². The molecule has 5 heteroatoms. The Balaban J connectivity index is 3.69. The van der Waals surface area contributed by atoms with Crippen molar-refractivity contribution in [3.63, 3.8) is 0 Å². The van der Waals surface area contributed by atoms with Gasteiger partial charge in [-0.1, -0.05) is 12.1 Å².